The summed E-state index contributed by atoms with van der Waals surface area (Å²) in [7, 11) is 0. The van der Waals surface area contributed by atoms with Crippen molar-refractivity contribution in [3.63, 3.8) is 0 Å². The van der Waals surface area contributed by atoms with Crippen molar-refractivity contribution in [2.75, 3.05) is 4.90 Å². The lowest BCUT2D eigenvalue weighted by Crippen LogP contribution is -2.33. The number of aryl methyl sites for hydroxylation is 1. The molecular weight excluding hydrogens is 334 g/mol. The van der Waals surface area contributed by atoms with Crippen LogP contribution < -0.4 is 4.90 Å². The summed E-state index contributed by atoms with van der Waals surface area (Å²) in [6.45, 7) is 1.92. The van der Waals surface area contributed by atoms with Crippen molar-refractivity contribution in [2.45, 2.75) is 19.8 Å². The SMILES string of the molecule is Cc1cc(N2C(=O)[C@@H]3[C@@H]4CC(=O)[C@@H](C4)[C@@H]3C2=O)ccc1Br. The van der Waals surface area contributed by atoms with Gasteiger partial charge in [-0.3, -0.25) is 19.3 Å². The average Bonchev–Trinajstić information content (AvgIpc) is 3.05. The van der Waals surface area contributed by atoms with Gasteiger partial charge in [-0.1, -0.05) is 15.9 Å². The van der Waals surface area contributed by atoms with Gasteiger partial charge >= 0.3 is 0 Å². The van der Waals surface area contributed by atoms with E-state index in [1.54, 1.807) is 6.07 Å². The first-order chi connectivity index (χ1) is 9.99. The summed E-state index contributed by atoms with van der Waals surface area (Å²) in [4.78, 5) is 38.5. The smallest absolute Gasteiger partial charge is 0.238 e. The van der Waals surface area contributed by atoms with E-state index in [-0.39, 0.29) is 35.4 Å². The number of anilines is 1. The molecule has 0 radical (unpaired) electrons. The molecule has 1 aliphatic heterocycles. The lowest BCUT2D eigenvalue weighted by Gasteiger charge is -2.18. The number of hydrogen-bond donors (Lipinski definition) is 0. The van der Waals surface area contributed by atoms with Crippen molar-refractivity contribution in [1.82, 2.24) is 0 Å². The number of carbonyl (C=O) groups is 3. The van der Waals surface area contributed by atoms with Gasteiger partial charge in [0, 0.05) is 16.8 Å². The molecule has 3 fully saturated rings. The Balaban J connectivity index is 1.75. The lowest BCUT2D eigenvalue weighted by atomic mass is 9.80. The molecule has 21 heavy (non-hydrogen) atoms. The average molecular weight is 348 g/mol. The monoisotopic (exact) mass is 347 g/mol. The van der Waals surface area contributed by atoms with Crippen LogP contribution in [0.5, 0.6) is 0 Å². The summed E-state index contributed by atoms with van der Waals surface area (Å²) >= 11 is 3.42. The Morgan fingerprint density at radius 3 is 2.57 bits per heavy atom. The van der Waals surface area contributed by atoms with Crippen LogP contribution in [0.4, 0.5) is 5.69 Å². The maximum Gasteiger partial charge on any atom is 0.238 e. The highest BCUT2D eigenvalue weighted by molar-refractivity contribution is 9.10. The summed E-state index contributed by atoms with van der Waals surface area (Å²) in [5.74, 6) is -0.976. The highest BCUT2D eigenvalue weighted by atomic mass is 79.9. The van der Waals surface area contributed by atoms with E-state index in [1.807, 2.05) is 19.1 Å². The molecule has 4 nitrogen and oxygen atoms in total. The van der Waals surface area contributed by atoms with Gasteiger partial charge in [-0.25, -0.2) is 0 Å². The molecule has 2 amide bonds. The van der Waals surface area contributed by atoms with Gasteiger partial charge in [0.2, 0.25) is 11.8 Å². The molecule has 0 unspecified atom stereocenters. The van der Waals surface area contributed by atoms with E-state index in [0.717, 1.165) is 16.5 Å². The number of halogens is 1. The van der Waals surface area contributed by atoms with Crippen LogP contribution in [-0.2, 0) is 14.4 Å². The van der Waals surface area contributed by atoms with Gasteiger partial charge < -0.3 is 0 Å². The van der Waals surface area contributed by atoms with Crippen LogP contribution in [0.15, 0.2) is 22.7 Å². The first-order valence-electron chi connectivity index (χ1n) is 7.15. The van der Waals surface area contributed by atoms with Crippen LogP contribution in [0.25, 0.3) is 0 Å². The molecule has 5 heteroatoms. The summed E-state index contributed by atoms with van der Waals surface area (Å²) in [5, 5.41) is 0. The van der Waals surface area contributed by atoms with Crippen molar-refractivity contribution in [2.24, 2.45) is 23.7 Å². The van der Waals surface area contributed by atoms with Crippen molar-refractivity contribution in [1.29, 1.82) is 0 Å². The zero-order chi connectivity index (χ0) is 14.9. The zero-order valence-corrected chi connectivity index (χ0v) is 13.1. The molecule has 108 valence electrons. The van der Waals surface area contributed by atoms with E-state index in [0.29, 0.717) is 12.1 Å². The Morgan fingerprint density at radius 1 is 1.14 bits per heavy atom. The van der Waals surface area contributed by atoms with Gasteiger partial charge in [-0.05, 0) is 43.0 Å². The Hall–Kier alpha value is -1.49. The molecule has 4 atom stereocenters. The summed E-state index contributed by atoms with van der Waals surface area (Å²) in [6.07, 6.45) is 1.19. The molecule has 2 bridgehead atoms. The van der Waals surface area contributed by atoms with E-state index in [1.165, 1.54) is 4.90 Å². The summed E-state index contributed by atoms with van der Waals surface area (Å²) < 4.78 is 0.945. The highest BCUT2D eigenvalue weighted by Crippen LogP contribution is 2.55. The minimum Gasteiger partial charge on any atom is -0.299 e. The van der Waals surface area contributed by atoms with Crippen LogP contribution in [0.3, 0.4) is 0 Å². The standard InChI is InChI=1S/C16H14BrNO3/c1-7-4-9(2-3-11(7)17)18-15(20)13-8-5-10(12(19)6-8)14(13)16(18)21/h2-4,8,10,13-14H,5-6H2,1H3/t8-,10+,13+,14-/m0/s1. The third-order valence-electron chi connectivity index (χ3n) is 5.17. The second-order valence-electron chi connectivity index (χ2n) is 6.27. The fraction of sp³-hybridized carbons (Fsp3) is 0.438. The zero-order valence-electron chi connectivity index (χ0n) is 11.5. The van der Waals surface area contributed by atoms with Crippen molar-refractivity contribution in [3.8, 4) is 0 Å². The quantitative estimate of drug-likeness (QED) is 0.733. The molecule has 0 aromatic heterocycles. The minimum atomic E-state index is -0.410. The van der Waals surface area contributed by atoms with Gasteiger partial charge in [0.25, 0.3) is 0 Å². The van der Waals surface area contributed by atoms with Crippen LogP contribution in [0.2, 0.25) is 0 Å². The first-order valence-corrected chi connectivity index (χ1v) is 7.95. The van der Waals surface area contributed by atoms with E-state index in [4.69, 9.17) is 0 Å². The topological polar surface area (TPSA) is 54.5 Å². The molecule has 1 aromatic carbocycles. The number of carbonyl (C=O) groups excluding carboxylic acids is 3. The van der Waals surface area contributed by atoms with Crippen molar-refractivity contribution in [3.05, 3.63) is 28.2 Å². The Labute approximate surface area is 130 Å². The van der Waals surface area contributed by atoms with Crippen LogP contribution in [0, 0.1) is 30.6 Å². The summed E-state index contributed by atoms with van der Waals surface area (Å²) in [6, 6.07) is 5.46. The fourth-order valence-corrected chi connectivity index (χ4v) is 4.47. The molecular formula is C16H14BrNO3. The first kappa shape index (κ1) is 13.2. The van der Waals surface area contributed by atoms with E-state index >= 15 is 0 Å². The number of nitrogens with zero attached hydrogens (tertiary/aromatic N) is 1. The maximum absolute atomic E-state index is 12.7. The predicted octanol–water partition coefficient (Wildman–Crippen LogP) is 2.47. The molecule has 2 aliphatic carbocycles. The summed E-state index contributed by atoms with van der Waals surface area (Å²) in [5.41, 5.74) is 1.59. The molecule has 0 N–H and O–H groups in total. The van der Waals surface area contributed by atoms with Gasteiger partial charge in [-0.2, -0.15) is 0 Å². The molecule has 2 saturated carbocycles. The normalized spacial score (nSPS) is 34.0. The number of benzene rings is 1. The number of imide groups is 1. The number of rotatable bonds is 1. The largest absolute Gasteiger partial charge is 0.299 e. The maximum atomic E-state index is 12.7. The lowest BCUT2D eigenvalue weighted by molar-refractivity contribution is -0.131. The predicted molar refractivity (Wildman–Crippen MR) is 79.6 cm³/mol. The number of ketones is 1. The molecule has 0 spiro atoms. The van der Waals surface area contributed by atoms with Gasteiger partial charge in [0.1, 0.15) is 5.78 Å². The highest BCUT2D eigenvalue weighted by Gasteiger charge is 2.64. The van der Waals surface area contributed by atoms with Crippen molar-refractivity contribution >= 4 is 39.2 Å². The fourth-order valence-electron chi connectivity index (χ4n) is 4.22. The number of amides is 2. The van der Waals surface area contributed by atoms with Crippen molar-refractivity contribution < 1.29 is 14.4 Å². The van der Waals surface area contributed by atoms with Gasteiger partial charge in [-0.15, -0.1) is 0 Å². The Morgan fingerprint density at radius 2 is 1.86 bits per heavy atom. The molecule has 4 rings (SSSR count). The third kappa shape index (κ3) is 1.64. The second-order valence-corrected chi connectivity index (χ2v) is 7.12. The Kier molecular flexibility index (Phi) is 2.67. The number of fused-ring (bicyclic) bond motifs is 5. The van der Waals surface area contributed by atoms with Crippen LogP contribution in [-0.4, -0.2) is 17.6 Å². The molecule has 1 saturated heterocycles. The minimum absolute atomic E-state index is 0.0745. The second kappa shape index (κ2) is 4.26. The van der Waals surface area contributed by atoms with Gasteiger partial charge in [0.15, 0.2) is 0 Å². The van der Waals surface area contributed by atoms with E-state index < -0.39 is 5.92 Å². The number of hydrogen-bond acceptors (Lipinski definition) is 3. The van der Waals surface area contributed by atoms with Gasteiger partial charge in [0.05, 0.1) is 17.5 Å². The molecule has 3 aliphatic rings. The van der Waals surface area contributed by atoms with Crippen LogP contribution >= 0.6 is 15.9 Å². The Bertz CT molecular complexity index is 699. The van der Waals surface area contributed by atoms with Crippen LogP contribution in [0.1, 0.15) is 18.4 Å². The third-order valence-corrected chi connectivity index (χ3v) is 6.06. The molecule has 1 aromatic rings. The number of Topliss-reactive ketones (excluding diaryl/α,β-unsaturated/α-hetero) is 1. The molecule has 1 heterocycles. The van der Waals surface area contributed by atoms with E-state index in [2.05, 4.69) is 15.9 Å². The van der Waals surface area contributed by atoms with E-state index in [9.17, 15) is 14.4 Å².